The number of carbonyl (C=O) groups is 2. The number of nitrogens with zero attached hydrogens (tertiary/aromatic N) is 2. The molecule has 1 fully saturated rings. The van der Waals surface area contributed by atoms with Crippen LogP contribution >= 0.6 is 0 Å². The maximum Gasteiger partial charge on any atom is 0.308 e. The van der Waals surface area contributed by atoms with E-state index in [-0.39, 0.29) is 18.5 Å². The average molecular weight is 306 g/mol. The Balaban J connectivity index is 2.28. The maximum atomic E-state index is 12.9. The third-order valence-corrected chi connectivity index (χ3v) is 4.37. The quantitative estimate of drug-likeness (QED) is 0.878. The molecular weight excluding hydrogens is 280 g/mol. The summed E-state index contributed by atoms with van der Waals surface area (Å²) in [6.07, 6.45) is 1.95. The van der Waals surface area contributed by atoms with Crippen molar-refractivity contribution in [3.63, 3.8) is 0 Å². The van der Waals surface area contributed by atoms with Gasteiger partial charge in [-0.15, -0.1) is 0 Å². The number of hydrogen-bond acceptors (Lipinski definition) is 2. The van der Waals surface area contributed by atoms with Gasteiger partial charge in [-0.2, -0.15) is 0 Å². The molecule has 122 valence electrons. The second-order valence-electron chi connectivity index (χ2n) is 6.68. The zero-order valence-electron chi connectivity index (χ0n) is 14.1. The van der Waals surface area contributed by atoms with Crippen molar-refractivity contribution in [3.05, 3.63) is 23.0 Å². The monoisotopic (exact) mass is 306 g/mol. The van der Waals surface area contributed by atoms with Gasteiger partial charge in [-0.25, -0.2) is 0 Å². The van der Waals surface area contributed by atoms with Gasteiger partial charge in [-0.3, -0.25) is 9.59 Å². The summed E-state index contributed by atoms with van der Waals surface area (Å²) in [5, 5.41) is 9.12. The Bertz CT molecular complexity index is 585. The van der Waals surface area contributed by atoms with Gasteiger partial charge in [0.2, 0.25) is 0 Å². The van der Waals surface area contributed by atoms with Crippen LogP contribution in [0.4, 0.5) is 0 Å². The van der Waals surface area contributed by atoms with Gasteiger partial charge < -0.3 is 14.6 Å². The van der Waals surface area contributed by atoms with Gasteiger partial charge >= 0.3 is 5.97 Å². The van der Waals surface area contributed by atoms with Crippen molar-refractivity contribution in [2.24, 2.45) is 5.92 Å². The average Bonchev–Trinajstić information content (AvgIpc) is 3.20. The van der Waals surface area contributed by atoms with Crippen molar-refractivity contribution in [1.29, 1.82) is 0 Å². The minimum absolute atomic E-state index is 0.0319. The van der Waals surface area contributed by atoms with Gasteiger partial charge in [-0.1, -0.05) is 6.92 Å². The zero-order chi connectivity index (χ0) is 16.6. The Kier molecular flexibility index (Phi) is 4.63. The van der Waals surface area contributed by atoms with Crippen molar-refractivity contribution in [2.45, 2.75) is 59.5 Å². The first kappa shape index (κ1) is 16.6. The maximum absolute atomic E-state index is 12.9. The molecule has 0 aromatic carbocycles. The first-order valence-corrected chi connectivity index (χ1v) is 7.96. The fourth-order valence-corrected chi connectivity index (χ4v) is 3.10. The molecule has 1 aliphatic rings. The summed E-state index contributed by atoms with van der Waals surface area (Å²) < 4.78 is 2.15. The van der Waals surface area contributed by atoms with Crippen LogP contribution in [-0.4, -0.2) is 39.0 Å². The highest BCUT2D eigenvalue weighted by Crippen LogP contribution is 2.31. The van der Waals surface area contributed by atoms with Crippen molar-refractivity contribution in [3.8, 4) is 0 Å². The minimum Gasteiger partial charge on any atom is -0.481 e. The molecule has 0 bridgehead atoms. The molecule has 1 aromatic heterocycles. The highest BCUT2D eigenvalue weighted by Gasteiger charge is 2.36. The van der Waals surface area contributed by atoms with Crippen LogP contribution in [0.25, 0.3) is 0 Å². The first-order chi connectivity index (χ1) is 10.2. The van der Waals surface area contributed by atoms with Crippen LogP contribution in [0.2, 0.25) is 0 Å². The predicted molar refractivity (Wildman–Crippen MR) is 85.1 cm³/mol. The molecule has 0 unspecified atom stereocenters. The Morgan fingerprint density at radius 2 is 1.91 bits per heavy atom. The Hall–Kier alpha value is -1.78. The van der Waals surface area contributed by atoms with E-state index in [1.807, 2.05) is 19.9 Å². The molecule has 0 spiro atoms. The lowest BCUT2D eigenvalue weighted by molar-refractivity contribution is -0.141. The second-order valence-corrected chi connectivity index (χ2v) is 6.68. The molecule has 5 nitrogen and oxygen atoms in total. The van der Waals surface area contributed by atoms with Crippen molar-refractivity contribution < 1.29 is 14.7 Å². The molecule has 0 radical (unpaired) electrons. The molecule has 1 N–H and O–H groups in total. The lowest BCUT2D eigenvalue weighted by Crippen LogP contribution is -2.38. The topological polar surface area (TPSA) is 62.5 Å². The number of amides is 1. The summed E-state index contributed by atoms with van der Waals surface area (Å²) >= 11 is 0. The molecule has 1 aliphatic carbocycles. The number of hydrogen-bond donors (Lipinski definition) is 1. The van der Waals surface area contributed by atoms with Crippen LogP contribution in [0.3, 0.4) is 0 Å². The van der Waals surface area contributed by atoms with Gasteiger partial charge in [0.25, 0.3) is 5.91 Å². The summed E-state index contributed by atoms with van der Waals surface area (Å²) in [5.74, 6) is -1.43. The molecule has 1 heterocycles. The number of aromatic nitrogens is 1. The molecule has 1 atom stereocenters. The van der Waals surface area contributed by atoms with E-state index in [1.165, 1.54) is 0 Å². The summed E-state index contributed by atoms with van der Waals surface area (Å²) in [6, 6.07) is 2.43. The fraction of sp³-hybridized carbons (Fsp3) is 0.647. The van der Waals surface area contributed by atoms with E-state index in [2.05, 4.69) is 18.4 Å². The minimum atomic E-state index is -0.855. The standard InChI is InChI=1S/C17H26N2O3/c1-10(2)19-12(4)8-15(13(19)5)16(20)18(14-6-7-14)9-11(3)17(21)22/h8,10-11,14H,6-7,9H2,1-5H3,(H,21,22)/t11-/m0/s1. The summed E-state index contributed by atoms with van der Waals surface area (Å²) in [4.78, 5) is 25.8. The number of carbonyl (C=O) groups excluding carboxylic acids is 1. The predicted octanol–water partition coefficient (Wildman–Crippen LogP) is 3.01. The smallest absolute Gasteiger partial charge is 0.308 e. The van der Waals surface area contributed by atoms with Crippen molar-refractivity contribution >= 4 is 11.9 Å². The number of carboxylic acids is 1. The first-order valence-electron chi connectivity index (χ1n) is 7.96. The molecule has 1 amide bonds. The third-order valence-electron chi connectivity index (χ3n) is 4.37. The van der Waals surface area contributed by atoms with E-state index in [9.17, 15) is 9.59 Å². The fourth-order valence-electron chi connectivity index (χ4n) is 3.10. The SMILES string of the molecule is Cc1cc(C(=O)N(C[C@H](C)C(=O)O)C2CC2)c(C)n1C(C)C. The van der Waals surface area contributed by atoms with Gasteiger partial charge in [0.05, 0.1) is 11.5 Å². The Morgan fingerprint density at radius 1 is 1.32 bits per heavy atom. The van der Waals surface area contributed by atoms with Crippen LogP contribution in [-0.2, 0) is 4.79 Å². The Morgan fingerprint density at radius 3 is 2.32 bits per heavy atom. The number of carboxylic acid groups (broad SMARTS) is 1. The number of rotatable bonds is 6. The third kappa shape index (κ3) is 3.18. The van der Waals surface area contributed by atoms with Crippen LogP contribution < -0.4 is 0 Å². The van der Waals surface area contributed by atoms with Crippen LogP contribution in [0, 0.1) is 19.8 Å². The second kappa shape index (κ2) is 6.15. The van der Waals surface area contributed by atoms with E-state index in [1.54, 1.807) is 11.8 Å². The van der Waals surface area contributed by atoms with Gasteiger partial charge in [0, 0.05) is 30.0 Å². The molecule has 1 aromatic rings. The molecule has 0 saturated heterocycles. The Labute approximate surface area is 131 Å². The van der Waals surface area contributed by atoms with Crippen molar-refractivity contribution in [1.82, 2.24) is 9.47 Å². The van der Waals surface area contributed by atoms with E-state index in [4.69, 9.17) is 5.11 Å². The molecule has 2 rings (SSSR count). The van der Waals surface area contributed by atoms with E-state index >= 15 is 0 Å². The molecule has 1 saturated carbocycles. The number of aliphatic carboxylic acids is 1. The van der Waals surface area contributed by atoms with Crippen LogP contribution in [0.5, 0.6) is 0 Å². The van der Waals surface area contributed by atoms with Crippen LogP contribution in [0.1, 0.15) is 61.4 Å². The van der Waals surface area contributed by atoms with Gasteiger partial charge in [0.1, 0.15) is 0 Å². The van der Waals surface area contributed by atoms with E-state index < -0.39 is 11.9 Å². The molecule has 5 heteroatoms. The highest BCUT2D eigenvalue weighted by atomic mass is 16.4. The lowest BCUT2D eigenvalue weighted by atomic mass is 10.1. The highest BCUT2D eigenvalue weighted by molar-refractivity contribution is 5.96. The van der Waals surface area contributed by atoms with Gasteiger partial charge in [0.15, 0.2) is 0 Å². The van der Waals surface area contributed by atoms with E-state index in [0.29, 0.717) is 11.6 Å². The summed E-state index contributed by atoms with van der Waals surface area (Å²) in [5.41, 5.74) is 2.74. The molecule has 22 heavy (non-hydrogen) atoms. The van der Waals surface area contributed by atoms with Crippen LogP contribution in [0.15, 0.2) is 6.07 Å². The zero-order valence-corrected chi connectivity index (χ0v) is 14.1. The summed E-state index contributed by atoms with van der Waals surface area (Å²) in [6.45, 7) is 10.1. The lowest BCUT2D eigenvalue weighted by Gasteiger charge is -2.24. The number of aryl methyl sites for hydroxylation is 1. The largest absolute Gasteiger partial charge is 0.481 e. The van der Waals surface area contributed by atoms with Gasteiger partial charge in [-0.05, 0) is 46.6 Å². The summed E-state index contributed by atoms with van der Waals surface area (Å²) in [7, 11) is 0. The molecule has 0 aliphatic heterocycles. The van der Waals surface area contributed by atoms with E-state index in [0.717, 1.165) is 24.2 Å². The van der Waals surface area contributed by atoms with Crippen molar-refractivity contribution in [2.75, 3.05) is 6.54 Å². The normalized spacial score (nSPS) is 15.9. The molecular formula is C17H26N2O3.